The van der Waals surface area contributed by atoms with E-state index >= 15 is 0 Å². The van der Waals surface area contributed by atoms with Crippen molar-refractivity contribution in [2.45, 2.75) is 6.92 Å². The van der Waals surface area contributed by atoms with Crippen LogP contribution < -0.4 is 15.8 Å². The molecule has 0 aliphatic rings. The minimum absolute atomic E-state index is 0.137. The molecule has 2 N–H and O–H groups in total. The van der Waals surface area contributed by atoms with Crippen molar-refractivity contribution >= 4 is 29.5 Å². The SMILES string of the molecule is CCNC(=S)N/N=C/c1ccc(C(=O)[O-])cc1. The fourth-order valence-corrected chi connectivity index (χ4v) is 1.27. The monoisotopic (exact) mass is 250 g/mol. The number of benzene rings is 1. The molecule has 17 heavy (non-hydrogen) atoms. The highest BCUT2D eigenvalue weighted by molar-refractivity contribution is 7.80. The summed E-state index contributed by atoms with van der Waals surface area (Å²) in [4.78, 5) is 10.5. The van der Waals surface area contributed by atoms with Crippen molar-refractivity contribution < 1.29 is 9.90 Å². The Morgan fingerprint density at radius 3 is 2.65 bits per heavy atom. The molecule has 5 nitrogen and oxygen atoms in total. The molecule has 0 spiro atoms. The molecule has 0 aliphatic carbocycles. The highest BCUT2D eigenvalue weighted by Gasteiger charge is 1.93. The van der Waals surface area contributed by atoms with Crippen molar-refractivity contribution in [3.63, 3.8) is 0 Å². The molecule has 90 valence electrons. The smallest absolute Gasteiger partial charge is 0.186 e. The molecular formula is C11H12N3O2S-. The fourth-order valence-electron chi connectivity index (χ4n) is 1.07. The van der Waals surface area contributed by atoms with E-state index in [1.807, 2.05) is 6.92 Å². The molecule has 0 aromatic heterocycles. The topological polar surface area (TPSA) is 76.5 Å². The minimum atomic E-state index is -1.19. The lowest BCUT2D eigenvalue weighted by Gasteiger charge is -2.03. The molecule has 1 rings (SSSR count). The second-order valence-electron chi connectivity index (χ2n) is 3.14. The molecular weight excluding hydrogens is 238 g/mol. The quantitative estimate of drug-likeness (QED) is 0.442. The molecule has 0 unspecified atom stereocenters. The normalized spacial score (nSPS) is 10.2. The molecule has 0 heterocycles. The third kappa shape index (κ3) is 4.60. The zero-order chi connectivity index (χ0) is 12.7. The van der Waals surface area contributed by atoms with Crippen LogP contribution in [0, 0.1) is 0 Å². The summed E-state index contributed by atoms with van der Waals surface area (Å²) in [6.07, 6.45) is 1.54. The standard InChI is InChI=1S/C11H13N3O2S/c1-2-12-11(17)14-13-7-8-3-5-9(6-4-8)10(15)16/h3-7H,2H2,1H3,(H,15,16)(H2,12,14,17)/p-1/b13-7+. The van der Waals surface area contributed by atoms with Crippen LogP contribution in [0.3, 0.4) is 0 Å². The van der Waals surface area contributed by atoms with Gasteiger partial charge in [0, 0.05) is 6.54 Å². The van der Waals surface area contributed by atoms with Crippen LogP contribution in [0.25, 0.3) is 0 Å². The summed E-state index contributed by atoms with van der Waals surface area (Å²) < 4.78 is 0. The second-order valence-corrected chi connectivity index (χ2v) is 3.55. The van der Waals surface area contributed by atoms with Crippen LogP contribution in [0.1, 0.15) is 22.8 Å². The molecule has 0 fully saturated rings. The van der Waals surface area contributed by atoms with Gasteiger partial charge in [-0.25, -0.2) is 0 Å². The number of hydrogen-bond donors (Lipinski definition) is 2. The first kappa shape index (κ1) is 13.1. The third-order valence-corrected chi connectivity index (χ3v) is 2.10. The summed E-state index contributed by atoms with van der Waals surface area (Å²) in [5.41, 5.74) is 3.53. The number of carbonyl (C=O) groups is 1. The first-order valence-electron chi connectivity index (χ1n) is 5.01. The summed E-state index contributed by atoms with van der Waals surface area (Å²) >= 11 is 4.90. The van der Waals surface area contributed by atoms with Gasteiger partial charge in [0.2, 0.25) is 0 Å². The molecule has 0 bridgehead atoms. The van der Waals surface area contributed by atoms with Gasteiger partial charge in [-0.3, -0.25) is 5.43 Å². The van der Waals surface area contributed by atoms with Crippen molar-refractivity contribution in [3.05, 3.63) is 35.4 Å². The Morgan fingerprint density at radius 1 is 1.47 bits per heavy atom. The van der Waals surface area contributed by atoms with Crippen LogP contribution in [0.5, 0.6) is 0 Å². The predicted molar refractivity (Wildman–Crippen MR) is 67.8 cm³/mol. The van der Waals surface area contributed by atoms with Gasteiger partial charge in [0.1, 0.15) is 0 Å². The van der Waals surface area contributed by atoms with E-state index in [-0.39, 0.29) is 5.56 Å². The van der Waals surface area contributed by atoms with E-state index in [0.29, 0.717) is 5.11 Å². The molecule has 1 aromatic carbocycles. The molecule has 0 radical (unpaired) electrons. The van der Waals surface area contributed by atoms with Gasteiger partial charge in [0.25, 0.3) is 0 Å². The number of thiocarbonyl (C=S) groups is 1. The Labute approximate surface area is 105 Å². The third-order valence-electron chi connectivity index (χ3n) is 1.86. The molecule has 0 saturated carbocycles. The Kier molecular flexibility index (Phi) is 5.09. The maximum Gasteiger partial charge on any atom is 0.186 e. The van der Waals surface area contributed by atoms with E-state index in [4.69, 9.17) is 12.2 Å². The average molecular weight is 250 g/mol. The van der Waals surface area contributed by atoms with E-state index in [0.717, 1.165) is 12.1 Å². The van der Waals surface area contributed by atoms with Gasteiger partial charge >= 0.3 is 0 Å². The van der Waals surface area contributed by atoms with Crippen LogP contribution in [-0.2, 0) is 0 Å². The fraction of sp³-hybridized carbons (Fsp3) is 0.182. The average Bonchev–Trinajstić information content (AvgIpc) is 2.30. The van der Waals surface area contributed by atoms with E-state index in [1.165, 1.54) is 12.1 Å². The Balaban J connectivity index is 2.54. The van der Waals surface area contributed by atoms with Crippen molar-refractivity contribution in [1.82, 2.24) is 10.7 Å². The van der Waals surface area contributed by atoms with Gasteiger partial charge in [-0.05, 0) is 30.3 Å². The van der Waals surface area contributed by atoms with E-state index in [2.05, 4.69) is 15.8 Å². The first-order chi connectivity index (χ1) is 8.13. The van der Waals surface area contributed by atoms with Crippen molar-refractivity contribution in [2.24, 2.45) is 5.10 Å². The van der Waals surface area contributed by atoms with Crippen molar-refractivity contribution in [1.29, 1.82) is 0 Å². The Morgan fingerprint density at radius 2 is 2.12 bits per heavy atom. The summed E-state index contributed by atoms with van der Waals surface area (Å²) in [5, 5.41) is 17.7. The number of carboxylic acid groups (broad SMARTS) is 1. The number of hydrogen-bond acceptors (Lipinski definition) is 4. The van der Waals surface area contributed by atoms with Crippen LogP contribution >= 0.6 is 12.2 Å². The summed E-state index contributed by atoms with van der Waals surface area (Å²) in [7, 11) is 0. The number of nitrogens with zero attached hydrogens (tertiary/aromatic N) is 1. The lowest BCUT2D eigenvalue weighted by Crippen LogP contribution is -2.31. The van der Waals surface area contributed by atoms with Gasteiger partial charge in [0.05, 0.1) is 12.2 Å². The van der Waals surface area contributed by atoms with E-state index in [1.54, 1.807) is 18.3 Å². The van der Waals surface area contributed by atoms with Crippen LogP contribution in [0.4, 0.5) is 0 Å². The highest BCUT2D eigenvalue weighted by Crippen LogP contribution is 2.00. The van der Waals surface area contributed by atoms with E-state index < -0.39 is 5.97 Å². The number of carbonyl (C=O) groups excluding carboxylic acids is 1. The Hall–Kier alpha value is -1.95. The van der Waals surface area contributed by atoms with Crippen molar-refractivity contribution in [3.8, 4) is 0 Å². The van der Waals surface area contributed by atoms with Gasteiger partial charge in [0.15, 0.2) is 5.11 Å². The number of aromatic carboxylic acids is 1. The molecule has 0 atom stereocenters. The van der Waals surface area contributed by atoms with Gasteiger partial charge in [-0.2, -0.15) is 5.10 Å². The van der Waals surface area contributed by atoms with Gasteiger partial charge in [-0.15, -0.1) is 0 Å². The summed E-state index contributed by atoms with van der Waals surface area (Å²) in [6.45, 7) is 2.65. The molecule has 1 aromatic rings. The van der Waals surface area contributed by atoms with Gasteiger partial charge < -0.3 is 15.2 Å². The summed E-state index contributed by atoms with van der Waals surface area (Å²) in [5.74, 6) is -1.19. The zero-order valence-corrected chi connectivity index (χ0v) is 10.1. The Bertz CT molecular complexity index is 429. The van der Waals surface area contributed by atoms with E-state index in [9.17, 15) is 9.90 Å². The number of rotatable bonds is 4. The van der Waals surface area contributed by atoms with Crippen LogP contribution in [0.2, 0.25) is 0 Å². The largest absolute Gasteiger partial charge is 0.545 e. The molecule has 6 heteroatoms. The van der Waals surface area contributed by atoms with Gasteiger partial charge in [-0.1, -0.05) is 24.3 Å². The predicted octanol–water partition coefficient (Wildman–Crippen LogP) is -0.132. The maximum atomic E-state index is 10.5. The van der Waals surface area contributed by atoms with Crippen LogP contribution in [-0.4, -0.2) is 23.8 Å². The second kappa shape index (κ2) is 6.59. The number of nitrogens with one attached hydrogen (secondary N) is 2. The zero-order valence-electron chi connectivity index (χ0n) is 9.27. The van der Waals surface area contributed by atoms with Crippen LogP contribution in [0.15, 0.2) is 29.4 Å². The first-order valence-corrected chi connectivity index (χ1v) is 5.42. The number of carboxylic acids is 1. The maximum absolute atomic E-state index is 10.5. The van der Waals surface area contributed by atoms with Crippen molar-refractivity contribution in [2.75, 3.05) is 6.54 Å². The summed E-state index contributed by atoms with van der Waals surface area (Å²) in [6, 6.07) is 6.18. The minimum Gasteiger partial charge on any atom is -0.545 e. The lowest BCUT2D eigenvalue weighted by molar-refractivity contribution is -0.255. The molecule has 0 saturated heterocycles. The lowest BCUT2D eigenvalue weighted by atomic mass is 10.1. The molecule has 0 amide bonds. The molecule has 0 aliphatic heterocycles. The highest BCUT2D eigenvalue weighted by atomic mass is 32.1. The number of hydrazone groups is 1.